The number of carbonyl (C=O) groups is 4. The van der Waals surface area contributed by atoms with E-state index in [1.54, 1.807) is 0 Å². The summed E-state index contributed by atoms with van der Waals surface area (Å²) in [5.41, 5.74) is -7.60. The molecular formula is C27H20F2O11. The Morgan fingerprint density at radius 2 is 1.30 bits per heavy atom. The van der Waals surface area contributed by atoms with Crippen molar-refractivity contribution in [2.75, 3.05) is 0 Å². The van der Waals surface area contributed by atoms with Gasteiger partial charge in [0, 0.05) is 5.56 Å². The van der Waals surface area contributed by atoms with Crippen molar-refractivity contribution in [3.8, 4) is 11.1 Å². The Kier molecular flexibility index (Phi) is 7.15. The number of cyclic esters (lactones) is 1. The van der Waals surface area contributed by atoms with E-state index in [4.69, 9.17) is 0 Å². The lowest BCUT2D eigenvalue weighted by Gasteiger charge is -2.40. The standard InChI is InChI=1S/C27H20F2O11/c28-27(29)20(31)21(40-25(27)38)26(39,19(30)14-7-2-4-9-16(14)23(34)35)18-13(10-5-11-17(18)24(36)37)12-6-1-3-8-15(12)22(32)33/h1-11,19-21,30-31,39H,(H,32,33)(H,34,35)(H,36,37). The maximum absolute atomic E-state index is 14.5. The van der Waals surface area contributed by atoms with E-state index >= 15 is 0 Å². The zero-order chi connectivity index (χ0) is 29.6. The molecule has 13 heteroatoms. The first kappa shape index (κ1) is 28.3. The van der Waals surface area contributed by atoms with Gasteiger partial charge in [0.25, 0.3) is 0 Å². The summed E-state index contributed by atoms with van der Waals surface area (Å²) in [5, 5.41) is 63.6. The van der Waals surface area contributed by atoms with Gasteiger partial charge in [-0.1, -0.05) is 48.5 Å². The zero-order valence-electron chi connectivity index (χ0n) is 20.1. The summed E-state index contributed by atoms with van der Waals surface area (Å²) in [7, 11) is 0. The fourth-order valence-corrected chi connectivity index (χ4v) is 4.79. The minimum Gasteiger partial charge on any atom is -0.478 e. The quantitative estimate of drug-likeness (QED) is 0.222. The molecule has 4 unspecified atom stereocenters. The average molecular weight is 558 g/mol. The molecule has 1 heterocycles. The van der Waals surface area contributed by atoms with Crippen molar-refractivity contribution in [3.63, 3.8) is 0 Å². The van der Waals surface area contributed by atoms with Crippen LogP contribution >= 0.6 is 0 Å². The summed E-state index contributed by atoms with van der Waals surface area (Å²) in [5.74, 6) is -11.8. The third-order valence-electron chi connectivity index (χ3n) is 6.64. The van der Waals surface area contributed by atoms with Crippen molar-refractivity contribution >= 4 is 23.9 Å². The molecule has 208 valence electrons. The number of carboxylic acid groups (broad SMARTS) is 3. The predicted molar refractivity (Wildman–Crippen MR) is 129 cm³/mol. The highest BCUT2D eigenvalue weighted by molar-refractivity contribution is 5.99. The Hall–Kier alpha value is -4.72. The van der Waals surface area contributed by atoms with E-state index in [0.29, 0.717) is 0 Å². The highest BCUT2D eigenvalue weighted by atomic mass is 19.3. The number of aromatic carboxylic acids is 3. The number of halogens is 2. The summed E-state index contributed by atoms with van der Waals surface area (Å²) < 4.78 is 33.7. The maximum Gasteiger partial charge on any atom is 0.380 e. The van der Waals surface area contributed by atoms with Crippen LogP contribution < -0.4 is 0 Å². The van der Waals surface area contributed by atoms with Gasteiger partial charge in [0.15, 0.2) is 17.8 Å². The Morgan fingerprint density at radius 3 is 1.85 bits per heavy atom. The lowest BCUT2D eigenvalue weighted by Crippen LogP contribution is -2.53. The van der Waals surface area contributed by atoms with Crippen LogP contribution in [0.4, 0.5) is 8.78 Å². The van der Waals surface area contributed by atoms with Crippen molar-refractivity contribution < 1.29 is 63.3 Å². The molecule has 0 amide bonds. The molecule has 0 aliphatic carbocycles. The molecule has 1 aliphatic rings. The first-order valence-electron chi connectivity index (χ1n) is 11.4. The van der Waals surface area contributed by atoms with Crippen LogP contribution in [0.3, 0.4) is 0 Å². The van der Waals surface area contributed by atoms with Crippen molar-refractivity contribution in [1.82, 2.24) is 0 Å². The van der Waals surface area contributed by atoms with Crippen LogP contribution in [-0.4, -0.2) is 72.6 Å². The molecular weight excluding hydrogens is 538 g/mol. The summed E-state index contributed by atoms with van der Waals surface area (Å²) in [6, 6.07) is 12.6. The van der Waals surface area contributed by atoms with Gasteiger partial charge >= 0.3 is 29.8 Å². The number of benzene rings is 3. The number of hydrogen-bond donors (Lipinski definition) is 6. The van der Waals surface area contributed by atoms with E-state index in [1.165, 1.54) is 30.3 Å². The number of alkyl halides is 2. The summed E-state index contributed by atoms with van der Waals surface area (Å²) >= 11 is 0. The monoisotopic (exact) mass is 558 g/mol. The van der Waals surface area contributed by atoms with Crippen LogP contribution in [0.1, 0.15) is 48.3 Å². The summed E-state index contributed by atoms with van der Waals surface area (Å²) in [4.78, 5) is 48.3. The maximum atomic E-state index is 14.5. The number of carboxylic acids is 3. The van der Waals surface area contributed by atoms with Gasteiger partial charge in [-0.3, -0.25) is 0 Å². The van der Waals surface area contributed by atoms with Gasteiger partial charge in [0.2, 0.25) is 0 Å². The molecule has 4 rings (SSSR count). The molecule has 0 aromatic heterocycles. The molecule has 0 spiro atoms. The van der Waals surface area contributed by atoms with Crippen LogP contribution in [0.2, 0.25) is 0 Å². The second kappa shape index (κ2) is 10.1. The number of esters is 1. The predicted octanol–water partition coefficient (Wildman–Crippen LogP) is 2.29. The van der Waals surface area contributed by atoms with Gasteiger partial charge in [-0.25, -0.2) is 19.2 Å². The van der Waals surface area contributed by atoms with E-state index < -0.39 is 87.1 Å². The molecule has 6 N–H and O–H groups in total. The Morgan fingerprint density at radius 1 is 0.800 bits per heavy atom. The largest absolute Gasteiger partial charge is 0.478 e. The van der Waals surface area contributed by atoms with E-state index in [0.717, 1.165) is 36.4 Å². The van der Waals surface area contributed by atoms with E-state index in [9.17, 15) is 58.6 Å². The Bertz CT molecular complexity index is 1540. The van der Waals surface area contributed by atoms with Crippen LogP contribution in [-0.2, 0) is 15.1 Å². The van der Waals surface area contributed by atoms with Crippen molar-refractivity contribution in [3.05, 3.63) is 94.5 Å². The lowest BCUT2D eigenvalue weighted by molar-refractivity contribution is -0.188. The average Bonchev–Trinajstić information content (AvgIpc) is 3.14. The summed E-state index contributed by atoms with van der Waals surface area (Å²) in [6.07, 6.45) is -8.54. The highest BCUT2D eigenvalue weighted by Crippen LogP contribution is 2.51. The van der Waals surface area contributed by atoms with Gasteiger partial charge in [-0.05, 0) is 34.9 Å². The fraction of sp³-hybridized carbons (Fsp3) is 0.185. The van der Waals surface area contributed by atoms with Crippen LogP contribution in [0, 0.1) is 0 Å². The molecule has 1 fully saturated rings. The molecule has 3 aromatic rings. The number of rotatable bonds is 8. The van der Waals surface area contributed by atoms with Crippen LogP contribution in [0.25, 0.3) is 11.1 Å². The number of aliphatic hydroxyl groups is 3. The van der Waals surface area contributed by atoms with Gasteiger partial charge in [0.05, 0.1) is 16.7 Å². The number of aliphatic hydroxyl groups excluding tert-OH is 2. The first-order chi connectivity index (χ1) is 18.7. The Labute approximate surface area is 223 Å². The van der Waals surface area contributed by atoms with Crippen LogP contribution in [0.5, 0.6) is 0 Å². The third-order valence-corrected chi connectivity index (χ3v) is 6.64. The van der Waals surface area contributed by atoms with E-state index in [2.05, 4.69) is 4.74 Å². The van der Waals surface area contributed by atoms with E-state index in [1.807, 2.05) is 0 Å². The molecule has 40 heavy (non-hydrogen) atoms. The second-order valence-corrected chi connectivity index (χ2v) is 8.90. The molecule has 0 bridgehead atoms. The molecule has 4 atom stereocenters. The van der Waals surface area contributed by atoms with Crippen molar-refractivity contribution in [1.29, 1.82) is 0 Å². The number of carbonyl (C=O) groups excluding carboxylic acids is 1. The number of ether oxygens (including phenoxy) is 1. The number of hydrogen-bond acceptors (Lipinski definition) is 8. The van der Waals surface area contributed by atoms with Gasteiger partial charge < -0.3 is 35.4 Å². The highest BCUT2D eigenvalue weighted by Gasteiger charge is 2.68. The molecule has 1 saturated heterocycles. The minimum atomic E-state index is -4.62. The smallest absolute Gasteiger partial charge is 0.380 e. The SMILES string of the molecule is O=C(O)c1ccccc1-c1cccc(C(=O)O)c1C(O)(C(O)c1ccccc1C(=O)O)C1OC(=O)C(F)(F)C1O. The fourth-order valence-electron chi connectivity index (χ4n) is 4.79. The third kappa shape index (κ3) is 4.35. The minimum absolute atomic E-state index is 0.240. The normalized spacial score (nSPS) is 20.3. The summed E-state index contributed by atoms with van der Waals surface area (Å²) in [6.45, 7) is 0. The molecule has 3 aromatic carbocycles. The van der Waals surface area contributed by atoms with Crippen molar-refractivity contribution in [2.45, 2.75) is 29.8 Å². The van der Waals surface area contributed by atoms with Crippen molar-refractivity contribution in [2.24, 2.45) is 0 Å². The lowest BCUT2D eigenvalue weighted by atomic mass is 9.72. The van der Waals surface area contributed by atoms with Gasteiger partial charge in [-0.15, -0.1) is 0 Å². The topological polar surface area (TPSA) is 199 Å². The molecule has 0 radical (unpaired) electrons. The van der Waals surface area contributed by atoms with Gasteiger partial charge in [-0.2, -0.15) is 8.78 Å². The zero-order valence-corrected chi connectivity index (χ0v) is 20.1. The Balaban J connectivity index is 2.16. The van der Waals surface area contributed by atoms with E-state index in [-0.39, 0.29) is 5.56 Å². The molecule has 0 saturated carbocycles. The molecule has 1 aliphatic heterocycles. The second-order valence-electron chi connectivity index (χ2n) is 8.90. The van der Waals surface area contributed by atoms with Gasteiger partial charge in [0.1, 0.15) is 6.10 Å². The van der Waals surface area contributed by atoms with Crippen LogP contribution in [0.15, 0.2) is 66.7 Å². The molecule has 11 nitrogen and oxygen atoms in total. The first-order valence-corrected chi connectivity index (χ1v) is 11.4.